The topological polar surface area (TPSA) is 64.7 Å². The molecule has 102 valence electrons. The summed E-state index contributed by atoms with van der Waals surface area (Å²) in [5.41, 5.74) is 7.21. The first-order valence-electron chi connectivity index (χ1n) is 6.36. The van der Waals surface area contributed by atoms with Crippen LogP contribution in [-0.4, -0.2) is 18.7 Å². The average molecular weight is 268 g/mol. The lowest BCUT2D eigenvalue weighted by Crippen LogP contribution is -2.10. The van der Waals surface area contributed by atoms with Gasteiger partial charge in [0, 0.05) is 6.21 Å². The maximum atomic E-state index is 11.3. The highest BCUT2D eigenvalue weighted by Crippen LogP contribution is 2.18. The van der Waals surface area contributed by atoms with Crippen LogP contribution in [0.5, 0.6) is 5.75 Å². The maximum absolute atomic E-state index is 11.3. The number of para-hydroxylation sites is 1. The number of primary amides is 1. The van der Waals surface area contributed by atoms with Crippen molar-refractivity contribution < 1.29 is 9.53 Å². The number of ether oxygens (including phenoxy) is 1. The van der Waals surface area contributed by atoms with Crippen molar-refractivity contribution in [3.8, 4) is 5.75 Å². The third-order valence-corrected chi connectivity index (χ3v) is 2.71. The molecule has 0 fully saturated rings. The molecule has 2 aromatic carbocycles. The van der Waals surface area contributed by atoms with Crippen LogP contribution in [0, 0.1) is 0 Å². The lowest BCUT2D eigenvalue weighted by Gasteiger charge is -2.03. The number of nitrogens with two attached hydrogens (primary N) is 1. The molecule has 1 amide bonds. The Kier molecular flexibility index (Phi) is 4.50. The molecule has 2 N–H and O–H groups in total. The third kappa shape index (κ3) is 3.45. The Bertz CT molecular complexity index is 619. The summed E-state index contributed by atoms with van der Waals surface area (Å²) < 4.78 is 5.37. The second kappa shape index (κ2) is 6.52. The van der Waals surface area contributed by atoms with E-state index in [0.29, 0.717) is 17.9 Å². The van der Waals surface area contributed by atoms with E-state index in [1.54, 1.807) is 24.4 Å². The minimum atomic E-state index is -0.482. The summed E-state index contributed by atoms with van der Waals surface area (Å²) in [7, 11) is 0. The number of hydrogen-bond acceptors (Lipinski definition) is 3. The lowest BCUT2D eigenvalue weighted by molar-refractivity contribution is 0.100. The SMILES string of the molecule is CCOc1ccc(C=Nc2ccccc2C(N)=O)cc1. The van der Waals surface area contributed by atoms with Gasteiger partial charge in [0.25, 0.3) is 5.91 Å². The third-order valence-electron chi connectivity index (χ3n) is 2.71. The van der Waals surface area contributed by atoms with Crippen molar-refractivity contribution in [3.63, 3.8) is 0 Å². The molecule has 0 aliphatic heterocycles. The van der Waals surface area contributed by atoms with E-state index >= 15 is 0 Å². The van der Waals surface area contributed by atoms with Gasteiger partial charge in [-0.1, -0.05) is 12.1 Å². The Morgan fingerprint density at radius 2 is 1.90 bits per heavy atom. The Balaban J connectivity index is 2.19. The smallest absolute Gasteiger partial charge is 0.250 e. The van der Waals surface area contributed by atoms with Crippen LogP contribution < -0.4 is 10.5 Å². The van der Waals surface area contributed by atoms with Crippen LogP contribution in [0.2, 0.25) is 0 Å². The van der Waals surface area contributed by atoms with Crippen LogP contribution in [0.3, 0.4) is 0 Å². The second-order valence-corrected chi connectivity index (χ2v) is 4.14. The molecule has 0 saturated heterocycles. The Labute approximate surface area is 117 Å². The molecule has 0 aliphatic carbocycles. The largest absolute Gasteiger partial charge is 0.494 e. The fraction of sp³-hybridized carbons (Fsp3) is 0.125. The zero-order valence-electron chi connectivity index (χ0n) is 11.2. The minimum Gasteiger partial charge on any atom is -0.494 e. The highest BCUT2D eigenvalue weighted by atomic mass is 16.5. The Morgan fingerprint density at radius 1 is 1.20 bits per heavy atom. The molecule has 0 atom stereocenters. The summed E-state index contributed by atoms with van der Waals surface area (Å²) in [6, 6.07) is 14.6. The van der Waals surface area contributed by atoms with Crippen LogP contribution in [0.1, 0.15) is 22.8 Å². The summed E-state index contributed by atoms with van der Waals surface area (Å²) in [5.74, 6) is 0.339. The van der Waals surface area contributed by atoms with Crippen molar-refractivity contribution in [2.75, 3.05) is 6.61 Å². The fourth-order valence-electron chi connectivity index (χ4n) is 1.76. The van der Waals surface area contributed by atoms with Gasteiger partial charge in [-0.15, -0.1) is 0 Å². The first-order chi connectivity index (χ1) is 9.70. The summed E-state index contributed by atoms with van der Waals surface area (Å²) >= 11 is 0. The molecule has 4 heteroatoms. The first-order valence-corrected chi connectivity index (χ1v) is 6.36. The van der Waals surface area contributed by atoms with Crippen molar-refractivity contribution in [3.05, 3.63) is 59.7 Å². The van der Waals surface area contributed by atoms with E-state index in [9.17, 15) is 4.79 Å². The summed E-state index contributed by atoms with van der Waals surface area (Å²) in [6.07, 6.45) is 1.69. The van der Waals surface area contributed by atoms with Crippen LogP contribution >= 0.6 is 0 Å². The highest BCUT2D eigenvalue weighted by molar-refractivity contribution is 5.98. The van der Waals surface area contributed by atoms with Gasteiger partial charge >= 0.3 is 0 Å². The number of hydrogen-bond donors (Lipinski definition) is 1. The van der Waals surface area contributed by atoms with E-state index in [2.05, 4.69) is 4.99 Å². The van der Waals surface area contributed by atoms with Gasteiger partial charge in [-0.05, 0) is 48.9 Å². The second-order valence-electron chi connectivity index (χ2n) is 4.14. The van der Waals surface area contributed by atoms with Crippen LogP contribution in [0.15, 0.2) is 53.5 Å². The molecular weight excluding hydrogens is 252 g/mol. The highest BCUT2D eigenvalue weighted by Gasteiger charge is 2.04. The van der Waals surface area contributed by atoms with E-state index in [1.165, 1.54) is 0 Å². The number of rotatable bonds is 5. The molecule has 0 aromatic heterocycles. The number of aliphatic imine (C=N–C) groups is 1. The average Bonchev–Trinajstić information content (AvgIpc) is 2.47. The molecule has 0 unspecified atom stereocenters. The predicted octanol–water partition coefficient (Wildman–Crippen LogP) is 2.93. The van der Waals surface area contributed by atoms with Crippen LogP contribution in [0.4, 0.5) is 5.69 Å². The van der Waals surface area contributed by atoms with Gasteiger partial charge < -0.3 is 10.5 Å². The molecule has 20 heavy (non-hydrogen) atoms. The Hall–Kier alpha value is -2.62. The summed E-state index contributed by atoms with van der Waals surface area (Å²) in [6.45, 7) is 2.58. The van der Waals surface area contributed by atoms with E-state index in [1.807, 2.05) is 37.3 Å². The van der Waals surface area contributed by atoms with E-state index < -0.39 is 5.91 Å². The molecule has 0 radical (unpaired) electrons. The molecule has 0 aliphatic rings. The van der Waals surface area contributed by atoms with Crippen LogP contribution in [0.25, 0.3) is 0 Å². The van der Waals surface area contributed by atoms with Gasteiger partial charge in [-0.25, -0.2) is 0 Å². The van der Waals surface area contributed by atoms with E-state index in [0.717, 1.165) is 11.3 Å². The minimum absolute atomic E-state index is 0.412. The summed E-state index contributed by atoms with van der Waals surface area (Å²) in [4.78, 5) is 15.6. The van der Waals surface area contributed by atoms with Crippen LogP contribution in [-0.2, 0) is 0 Å². The number of amides is 1. The van der Waals surface area contributed by atoms with Gasteiger partial charge in [-0.2, -0.15) is 0 Å². The first kappa shape index (κ1) is 13.8. The van der Waals surface area contributed by atoms with Crippen molar-refractivity contribution >= 4 is 17.8 Å². The molecule has 2 aromatic rings. The number of carbonyl (C=O) groups is 1. The van der Waals surface area contributed by atoms with Gasteiger partial charge in [0.2, 0.25) is 0 Å². The molecule has 2 rings (SSSR count). The van der Waals surface area contributed by atoms with Crippen molar-refractivity contribution in [2.45, 2.75) is 6.92 Å². The fourth-order valence-corrected chi connectivity index (χ4v) is 1.76. The van der Waals surface area contributed by atoms with Crippen molar-refractivity contribution in [1.29, 1.82) is 0 Å². The van der Waals surface area contributed by atoms with Crippen molar-refractivity contribution in [2.24, 2.45) is 10.7 Å². The van der Waals surface area contributed by atoms with Gasteiger partial charge in [0.15, 0.2) is 0 Å². The van der Waals surface area contributed by atoms with Crippen molar-refractivity contribution in [1.82, 2.24) is 0 Å². The normalized spacial score (nSPS) is 10.7. The zero-order chi connectivity index (χ0) is 14.4. The molecule has 0 saturated carbocycles. The van der Waals surface area contributed by atoms with Gasteiger partial charge in [0.1, 0.15) is 5.75 Å². The molecule has 4 nitrogen and oxygen atoms in total. The quantitative estimate of drug-likeness (QED) is 0.847. The molecule has 0 heterocycles. The van der Waals surface area contributed by atoms with Gasteiger partial charge in [0.05, 0.1) is 17.9 Å². The number of carbonyl (C=O) groups excluding carboxylic acids is 1. The predicted molar refractivity (Wildman–Crippen MR) is 79.8 cm³/mol. The zero-order valence-corrected chi connectivity index (χ0v) is 11.2. The lowest BCUT2D eigenvalue weighted by atomic mass is 10.1. The summed E-state index contributed by atoms with van der Waals surface area (Å²) in [5, 5.41) is 0. The molecular formula is C16H16N2O2. The van der Waals surface area contributed by atoms with Gasteiger partial charge in [-0.3, -0.25) is 9.79 Å². The monoisotopic (exact) mass is 268 g/mol. The molecule has 0 spiro atoms. The van der Waals surface area contributed by atoms with E-state index in [-0.39, 0.29) is 0 Å². The standard InChI is InChI=1S/C16H16N2O2/c1-2-20-13-9-7-12(8-10-13)11-18-15-6-4-3-5-14(15)16(17)19/h3-11H,2H2,1H3,(H2,17,19). The maximum Gasteiger partial charge on any atom is 0.250 e. The molecule has 0 bridgehead atoms. The number of nitrogens with zero attached hydrogens (tertiary/aromatic N) is 1. The van der Waals surface area contributed by atoms with E-state index in [4.69, 9.17) is 10.5 Å². The number of benzene rings is 2. The Morgan fingerprint density at radius 3 is 2.55 bits per heavy atom.